The molecular formula is C15H20FN3O. The summed E-state index contributed by atoms with van der Waals surface area (Å²) in [4.78, 5) is 9.91. The molecule has 0 aromatic carbocycles. The van der Waals surface area contributed by atoms with Crippen LogP contribution in [0.4, 0.5) is 10.2 Å². The van der Waals surface area contributed by atoms with E-state index in [2.05, 4.69) is 21.8 Å². The van der Waals surface area contributed by atoms with Crippen LogP contribution in [0.5, 0.6) is 5.88 Å². The topological polar surface area (TPSA) is 38.3 Å². The molecule has 1 aliphatic rings. The molecule has 2 rings (SSSR count). The number of nitrogens with zero attached hydrogens (tertiary/aromatic N) is 3. The molecular weight excluding hydrogens is 257 g/mol. The van der Waals surface area contributed by atoms with Crippen molar-refractivity contribution in [3.8, 4) is 17.7 Å². The predicted octanol–water partition coefficient (Wildman–Crippen LogP) is 2.79. The summed E-state index contributed by atoms with van der Waals surface area (Å²) in [7, 11) is 0. The summed E-state index contributed by atoms with van der Waals surface area (Å²) in [5.74, 6) is 5.54. The van der Waals surface area contributed by atoms with E-state index in [4.69, 9.17) is 4.74 Å². The van der Waals surface area contributed by atoms with Crippen LogP contribution in [0.15, 0.2) is 6.33 Å². The van der Waals surface area contributed by atoms with E-state index in [0.717, 1.165) is 32.4 Å². The van der Waals surface area contributed by atoms with E-state index in [-0.39, 0.29) is 12.5 Å². The van der Waals surface area contributed by atoms with Crippen molar-refractivity contribution >= 4 is 5.82 Å². The third-order valence-corrected chi connectivity index (χ3v) is 3.23. The number of halogens is 1. The summed E-state index contributed by atoms with van der Waals surface area (Å²) in [6, 6.07) is 0. The SMILES string of the molecule is CCC#CCOc1ncnc(N2CCCCCC2)c1F. The fourth-order valence-corrected chi connectivity index (χ4v) is 2.23. The van der Waals surface area contributed by atoms with E-state index in [1.807, 2.05) is 11.8 Å². The molecule has 0 atom stereocenters. The van der Waals surface area contributed by atoms with Crippen LogP contribution in [0.25, 0.3) is 0 Å². The lowest BCUT2D eigenvalue weighted by Gasteiger charge is -2.21. The Morgan fingerprint density at radius 2 is 1.95 bits per heavy atom. The highest BCUT2D eigenvalue weighted by atomic mass is 19.1. The fraction of sp³-hybridized carbons (Fsp3) is 0.600. The van der Waals surface area contributed by atoms with Crippen molar-refractivity contribution in [2.45, 2.75) is 39.0 Å². The molecule has 2 heterocycles. The first-order valence-corrected chi connectivity index (χ1v) is 7.17. The Kier molecular flexibility index (Phi) is 5.60. The lowest BCUT2D eigenvalue weighted by Crippen LogP contribution is -2.26. The van der Waals surface area contributed by atoms with Crippen molar-refractivity contribution in [3.63, 3.8) is 0 Å². The number of hydrogen-bond donors (Lipinski definition) is 0. The van der Waals surface area contributed by atoms with Crippen LogP contribution in [0.1, 0.15) is 39.0 Å². The molecule has 0 aliphatic carbocycles. The molecule has 5 heteroatoms. The molecule has 0 amide bonds. The zero-order valence-electron chi connectivity index (χ0n) is 11.9. The number of aromatic nitrogens is 2. The smallest absolute Gasteiger partial charge is 0.256 e. The molecule has 108 valence electrons. The summed E-state index contributed by atoms with van der Waals surface area (Å²) < 4.78 is 19.6. The minimum Gasteiger partial charge on any atom is -0.462 e. The van der Waals surface area contributed by atoms with Crippen LogP contribution in [0, 0.1) is 17.7 Å². The van der Waals surface area contributed by atoms with Gasteiger partial charge in [-0.15, -0.1) is 5.92 Å². The van der Waals surface area contributed by atoms with E-state index < -0.39 is 5.82 Å². The van der Waals surface area contributed by atoms with Crippen LogP contribution in [-0.4, -0.2) is 29.7 Å². The van der Waals surface area contributed by atoms with Crippen molar-refractivity contribution in [3.05, 3.63) is 12.1 Å². The minimum atomic E-state index is -0.479. The van der Waals surface area contributed by atoms with Gasteiger partial charge in [0, 0.05) is 19.5 Å². The monoisotopic (exact) mass is 277 g/mol. The van der Waals surface area contributed by atoms with Crippen LogP contribution >= 0.6 is 0 Å². The highest BCUT2D eigenvalue weighted by molar-refractivity contribution is 5.43. The molecule has 1 aliphatic heterocycles. The maximum Gasteiger partial charge on any atom is 0.256 e. The molecule has 4 nitrogen and oxygen atoms in total. The molecule has 0 bridgehead atoms. The van der Waals surface area contributed by atoms with E-state index in [1.165, 1.54) is 19.2 Å². The van der Waals surface area contributed by atoms with Crippen LogP contribution in [0.2, 0.25) is 0 Å². The highest BCUT2D eigenvalue weighted by Crippen LogP contribution is 2.25. The second-order valence-electron chi connectivity index (χ2n) is 4.71. The minimum absolute atomic E-state index is 0.00958. The standard InChI is InChI=1S/C15H20FN3O/c1-2-3-8-11-20-15-13(16)14(17-12-18-15)19-9-6-4-5-7-10-19/h12H,2,4-7,9-11H2,1H3. The van der Waals surface area contributed by atoms with Crippen molar-refractivity contribution in [2.24, 2.45) is 0 Å². The van der Waals surface area contributed by atoms with E-state index in [1.54, 1.807) is 0 Å². The first-order chi connectivity index (χ1) is 9.83. The Morgan fingerprint density at radius 1 is 1.20 bits per heavy atom. The van der Waals surface area contributed by atoms with Gasteiger partial charge in [0.25, 0.3) is 5.88 Å². The van der Waals surface area contributed by atoms with Crippen molar-refractivity contribution in [1.29, 1.82) is 0 Å². The molecule has 0 unspecified atom stereocenters. The quantitative estimate of drug-likeness (QED) is 0.796. The average Bonchev–Trinajstić information content (AvgIpc) is 2.74. The first-order valence-electron chi connectivity index (χ1n) is 7.17. The van der Waals surface area contributed by atoms with E-state index in [0.29, 0.717) is 5.82 Å². The maximum atomic E-state index is 14.4. The molecule has 0 radical (unpaired) electrons. The van der Waals surface area contributed by atoms with Crippen molar-refractivity contribution in [2.75, 3.05) is 24.6 Å². The Hall–Kier alpha value is -1.83. The third kappa shape index (κ3) is 3.83. The summed E-state index contributed by atoms with van der Waals surface area (Å²) in [5.41, 5.74) is 0. The summed E-state index contributed by atoms with van der Waals surface area (Å²) in [6.07, 6.45) is 6.64. The second-order valence-corrected chi connectivity index (χ2v) is 4.71. The van der Waals surface area contributed by atoms with Gasteiger partial charge in [-0.25, -0.2) is 4.98 Å². The van der Waals surface area contributed by atoms with Gasteiger partial charge in [0.05, 0.1) is 0 Å². The Labute approximate surface area is 119 Å². The molecule has 20 heavy (non-hydrogen) atoms. The number of hydrogen-bond acceptors (Lipinski definition) is 4. The molecule has 0 spiro atoms. The molecule has 1 aromatic heterocycles. The van der Waals surface area contributed by atoms with Crippen molar-refractivity contribution in [1.82, 2.24) is 9.97 Å². The number of ether oxygens (including phenoxy) is 1. The zero-order chi connectivity index (χ0) is 14.2. The van der Waals surface area contributed by atoms with Gasteiger partial charge in [0.15, 0.2) is 12.4 Å². The Morgan fingerprint density at radius 3 is 2.65 bits per heavy atom. The zero-order valence-corrected chi connectivity index (χ0v) is 11.9. The van der Waals surface area contributed by atoms with E-state index >= 15 is 0 Å². The van der Waals surface area contributed by atoms with Gasteiger partial charge in [-0.3, -0.25) is 0 Å². The van der Waals surface area contributed by atoms with Crippen molar-refractivity contribution < 1.29 is 9.13 Å². The highest BCUT2D eigenvalue weighted by Gasteiger charge is 2.19. The van der Waals surface area contributed by atoms with Crippen LogP contribution < -0.4 is 9.64 Å². The largest absolute Gasteiger partial charge is 0.462 e. The Bertz CT molecular complexity index is 488. The van der Waals surface area contributed by atoms with Gasteiger partial charge in [-0.05, 0) is 12.8 Å². The lowest BCUT2D eigenvalue weighted by molar-refractivity contribution is 0.331. The molecule has 1 aromatic rings. The van der Waals surface area contributed by atoms with Crippen LogP contribution in [0.3, 0.4) is 0 Å². The number of anilines is 1. The van der Waals surface area contributed by atoms with E-state index in [9.17, 15) is 4.39 Å². The molecule has 0 N–H and O–H groups in total. The predicted molar refractivity (Wildman–Crippen MR) is 76.2 cm³/mol. The van der Waals surface area contributed by atoms with Gasteiger partial charge in [0.1, 0.15) is 6.33 Å². The summed E-state index contributed by atoms with van der Waals surface area (Å²) >= 11 is 0. The third-order valence-electron chi connectivity index (χ3n) is 3.23. The Balaban J connectivity index is 2.09. The molecule has 1 saturated heterocycles. The lowest BCUT2D eigenvalue weighted by atomic mass is 10.2. The summed E-state index contributed by atoms with van der Waals surface area (Å²) in [6.45, 7) is 3.78. The molecule has 1 fully saturated rings. The normalized spacial score (nSPS) is 15.2. The average molecular weight is 277 g/mol. The van der Waals surface area contributed by atoms with Gasteiger partial charge in [-0.2, -0.15) is 9.37 Å². The summed E-state index contributed by atoms with van der Waals surface area (Å²) in [5, 5.41) is 0. The van der Waals surface area contributed by atoms with Crippen LogP contribution in [-0.2, 0) is 0 Å². The van der Waals surface area contributed by atoms with Gasteiger partial charge in [0.2, 0.25) is 5.82 Å². The number of rotatable bonds is 3. The van der Waals surface area contributed by atoms with Gasteiger partial charge in [-0.1, -0.05) is 25.7 Å². The maximum absolute atomic E-state index is 14.4. The van der Waals surface area contributed by atoms with Gasteiger partial charge < -0.3 is 9.64 Å². The fourth-order valence-electron chi connectivity index (χ4n) is 2.23. The molecule has 0 saturated carbocycles. The first kappa shape index (κ1) is 14.6. The van der Waals surface area contributed by atoms with Gasteiger partial charge >= 0.3 is 0 Å². The second kappa shape index (κ2) is 7.68.